The highest BCUT2D eigenvalue weighted by Gasteiger charge is 2.09. The van der Waals surface area contributed by atoms with E-state index in [-0.39, 0.29) is 5.56 Å². The third-order valence-corrected chi connectivity index (χ3v) is 4.87. The SMILES string of the molecule is O=c1c2cc(Br)ccc2ncn1Cc1csc(-c2ccoc2)n1. The summed E-state index contributed by atoms with van der Waals surface area (Å²) in [5, 5.41) is 3.41. The molecule has 3 aromatic heterocycles. The number of rotatable bonds is 3. The molecule has 0 spiro atoms. The number of furan rings is 1. The van der Waals surface area contributed by atoms with E-state index < -0.39 is 0 Å². The molecule has 0 bridgehead atoms. The van der Waals surface area contributed by atoms with Crippen molar-refractivity contribution in [3.63, 3.8) is 0 Å². The molecule has 23 heavy (non-hydrogen) atoms. The highest BCUT2D eigenvalue weighted by Crippen LogP contribution is 2.24. The van der Waals surface area contributed by atoms with Crippen LogP contribution in [0, 0.1) is 0 Å². The molecule has 0 aliphatic heterocycles. The molecule has 0 atom stereocenters. The van der Waals surface area contributed by atoms with Crippen LogP contribution in [0.4, 0.5) is 0 Å². The lowest BCUT2D eigenvalue weighted by Crippen LogP contribution is -2.21. The average Bonchev–Trinajstić information content (AvgIpc) is 3.22. The van der Waals surface area contributed by atoms with Crippen LogP contribution in [0.15, 0.2) is 62.2 Å². The second-order valence-electron chi connectivity index (χ2n) is 5.00. The molecule has 0 radical (unpaired) electrons. The predicted octanol–water partition coefficient (Wildman–Crippen LogP) is 3.92. The molecular weight excluding hydrogens is 378 g/mol. The summed E-state index contributed by atoms with van der Waals surface area (Å²) >= 11 is 4.91. The van der Waals surface area contributed by atoms with Gasteiger partial charge in [0.25, 0.3) is 5.56 Å². The maximum absolute atomic E-state index is 12.6. The standard InChI is InChI=1S/C16H10BrN3O2S/c17-11-1-2-14-13(5-11)16(21)20(9-18-14)6-12-8-23-15(19-12)10-3-4-22-7-10/h1-5,7-9H,6H2. The number of halogens is 1. The maximum atomic E-state index is 12.6. The highest BCUT2D eigenvalue weighted by atomic mass is 79.9. The molecule has 114 valence electrons. The number of hydrogen-bond acceptors (Lipinski definition) is 5. The second kappa shape index (κ2) is 5.75. The van der Waals surface area contributed by atoms with E-state index >= 15 is 0 Å². The van der Waals surface area contributed by atoms with E-state index in [0.29, 0.717) is 17.4 Å². The van der Waals surface area contributed by atoms with Crippen molar-refractivity contribution in [1.82, 2.24) is 14.5 Å². The van der Waals surface area contributed by atoms with E-state index in [1.807, 2.05) is 23.6 Å². The smallest absolute Gasteiger partial charge is 0.261 e. The Labute approximate surface area is 143 Å². The molecule has 4 aromatic rings. The van der Waals surface area contributed by atoms with Gasteiger partial charge in [-0.3, -0.25) is 9.36 Å². The van der Waals surface area contributed by atoms with Gasteiger partial charge < -0.3 is 4.42 Å². The molecule has 0 amide bonds. The largest absolute Gasteiger partial charge is 0.472 e. The van der Waals surface area contributed by atoms with Crippen molar-refractivity contribution in [3.05, 3.63) is 69.0 Å². The average molecular weight is 388 g/mol. The number of hydrogen-bond donors (Lipinski definition) is 0. The third-order valence-electron chi connectivity index (χ3n) is 3.44. The van der Waals surface area contributed by atoms with E-state index in [4.69, 9.17) is 4.42 Å². The maximum Gasteiger partial charge on any atom is 0.261 e. The zero-order valence-corrected chi connectivity index (χ0v) is 14.2. The van der Waals surface area contributed by atoms with E-state index in [0.717, 1.165) is 20.7 Å². The Morgan fingerprint density at radius 2 is 2.22 bits per heavy atom. The molecule has 0 N–H and O–H groups in total. The van der Waals surface area contributed by atoms with Gasteiger partial charge in [-0.25, -0.2) is 9.97 Å². The van der Waals surface area contributed by atoms with Gasteiger partial charge in [-0.2, -0.15) is 0 Å². The Bertz CT molecular complexity index is 1040. The molecule has 7 heteroatoms. The molecule has 1 aromatic carbocycles. The summed E-state index contributed by atoms with van der Waals surface area (Å²) in [6.45, 7) is 0.392. The van der Waals surface area contributed by atoms with E-state index in [1.54, 1.807) is 29.5 Å². The van der Waals surface area contributed by atoms with Crippen molar-refractivity contribution >= 4 is 38.2 Å². The first kappa shape index (κ1) is 14.3. The van der Waals surface area contributed by atoms with Crippen LogP contribution in [-0.2, 0) is 6.54 Å². The summed E-state index contributed by atoms with van der Waals surface area (Å²) < 4.78 is 7.50. The number of thiazole rings is 1. The predicted molar refractivity (Wildman–Crippen MR) is 92.6 cm³/mol. The van der Waals surface area contributed by atoms with Crippen molar-refractivity contribution in [2.75, 3.05) is 0 Å². The molecule has 0 unspecified atom stereocenters. The summed E-state index contributed by atoms with van der Waals surface area (Å²) in [6, 6.07) is 7.35. The van der Waals surface area contributed by atoms with Gasteiger partial charge in [0, 0.05) is 15.4 Å². The van der Waals surface area contributed by atoms with Gasteiger partial charge in [0.05, 0.1) is 35.7 Å². The van der Waals surface area contributed by atoms with Crippen molar-refractivity contribution in [1.29, 1.82) is 0 Å². The molecule has 5 nitrogen and oxygen atoms in total. The van der Waals surface area contributed by atoms with Gasteiger partial charge in [0.1, 0.15) is 11.3 Å². The van der Waals surface area contributed by atoms with Crippen LogP contribution in [0.1, 0.15) is 5.69 Å². The zero-order valence-electron chi connectivity index (χ0n) is 11.8. The van der Waals surface area contributed by atoms with Crippen molar-refractivity contribution in [2.24, 2.45) is 0 Å². The lowest BCUT2D eigenvalue weighted by Gasteiger charge is -2.05. The summed E-state index contributed by atoms with van der Waals surface area (Å²) in [7, 11) is 0. The van der Waals surface area contributed by atoms with Crippen LogP contribution in [0.25, 0.3) is 21.5 Å². The fourth-order valence-corrected chi connectivity index (χ4v) is 3.47. The molecule has 0 fully saturated rings. The summed E-state index contributed by atoms with van der Waals surface area (Å²) in [5.74, 6) is 0. The second-order valence-corrected chi connectivity index (χ2v) is 6.77. The Kier molecular flexibility index (Phi) is 3.59. The monoisotopic (exact) mass is 387 g/mol. The molecule has 0 aliphatic rings. The van der Waals surface area contributed by atoms with Crippen LogP contribution in [0.5, 0.6) is 0 Å². The molecular formula is C16H10BrN3O2S. The van der Waals surface area contributed by atoms with Crippen molar-refractivity contribution in [2.45, 2.75) is 6.54 Å². The van der Waals surface area contributed by atoms with Crippen LogP contribution in [0.3, 0.4) is 0 Å². The first-order chi connectivity index (χ1) is 11.2. The van der Waals surface area contributed by atoms with E-state index in [9.17, 15) is 4.79 Å². The lowest BCUT2D eigenvalue weighted by atomic mass is 10.2. The first-order valence-corrected chi connectivity index (χ1v) is 8.49. The minimum Gasteiger partial charge on any atom is -0.472 e. The lowest BCUT2D eigenvalue weighted by molar-refractivity contribution is 0.568. The van der Waals surface area contributed by atoms with Gasteiger partial charge >= 0.3 is 0 Å². The Balaban J connectivity index is 1.70. The Morgan fingerprint density at radius 3 is 3.04 bits per heavy atom. The van der Waals surface area contributed by atoms with Gasteiger partial charge in [-0.1, -0.05) is 15.9 Å². The third kappa shape index (κ3) is 2.73. The van der Waals surface area contributed by atoms with E-state index in [1.165, 1.54) is 11.3 Å². The normalized spacial score (nSPS) is 11.2. The molecule has 0 saturated carbocycles. The number of fused-ring (bicyclic) bond motifs is 1. The minimum absolute atomic E-state index is 0.0749. The van der Waals surface area contributed by atoms with E-state index in [2.05, 4.69) is 25.9 Å². The zero-order chi connectivity index (χ0) is 15.8. The summed E-state index contributed by atoms with van der Waals surface area (Å²) in [4.78, 5) is 21.5. The first-order valence-electron chi connectivity index (χ1n) is 6.82. The van der Waals surface area contributed by atoms with Crippen LogP contribution >= 0.6 is 27.3 Å². The Hall–Kier alpha value is -2.25. The molecule has 0 aliphatic carbocycles. The summed E-state index contributed by atoms with van der Waals surface area (Å²) in [5.41, 5.74) is 2.37. The van der Waals surface area contributed by atoms with Crippen LogP contribution < -0.4 is 5.56 Å². The van der Waals surface area contributed by atoms with Crippen molar-refractivity contribution < 1.29 is 4.42 Å². The fraction of sp³-hybridized carbons (Fsp3) is 0.0625. The fourth-order valence-electron chi connectivity index (χ4n) is 2.32. The van der Waals surface area contributed by atoms with Gasteiger partial charge in [-0.15, -0.1) is 11.3 Å². The summed E-state index contributed by atoms with van der Waals surface area (Å²) in [6.07, 6.45) is 4.84. The molecule has 3 heterocycles. The van der Waals surface area contributed by atoms with Gasteiger partial charge in [-0.05, 0) is 24.3 Å². The van der Waals surface area contributed by atoms with Crippen LogP contribution in [0.2, 0.25) is 0 Å². The van der Waals surface area contributed by atoms with Gasteiger partial charge in [0.15, 0.2) is 0 Å². The number of benzene rings is 1. The van der Waals surface area contributed by atoms with Gasteiger partial charge in [0.2, 0.25) is 0 Å². The minimum atomic E-state index is -0.0749. The molecule has 0 saturated heterocycles. The van der Waals surface area contributed by atoms with Crippen LogP contribution in [-0.4, -0.2) is 14.5 Å². The topological polar surface area (TPSA) is 60.9 Å². The highest BCUT2D eigenvalue weighted by molar-refractivity contribution is 9.10. The quantitative estimate of drug-likeness (QED) is 0.534. The number of nitrogens with zero attached hydrogens (tertiary/aromatic N) is 3. The van der Waals surface area contributed by atoms with Crippen molar-refractivity contribution in [3.8, 4) is 10.6 Å². The number of aromatic nitrogens is 3. The molecule has 4 rings (SSSR count). The Morgan fingerprint density at radius 1 is 1.30 bits per heavy atom.